The van der Waals surface area contributed by atoms with E-state index >= 15 is 0 Å². The second-order valence-corrected chi connectivity index (χ2v) is 5.77. The topological polar surface area (TPSA) is 49.4 Å². The van der Waals surface area contributed by atoms with E-state index in [0.717, 1.165) is 0 Å². The molecule has 1 unspecified atom stereocenters. The Balaban J connectivity index is 2.98. The third kappa shape index (κ3) is 4.21. The van der Waals surface area contributed by atoms with Gasteiger partial charge in [-0.15, -0.1) is 0 Å². The molecule has 0 aliphatic rings. The molecule has 0 aliphatic heterocycles. The van der Waals surface area contributed by atoms with Gasteiger partial charge in [-0.05, 0) is 24.6 Å². The molecule has 0 spiro atoms. The molecule has 0 aliphatic carbocycles. The number of alkyl halides is 1. The first-order valence-electron chi connectivity index (χ1n) is 5.83. The molecule has 4 nitrogen and oxygen atoms in total. The van der Waals surface area contributed by atoms with Gasteiger partial charge in [0.15, 0.2) is 0 Å². The van der Waals surface area contributed by atoms with Crippen LogP contribution < -0.4 is 5.32 Å². The van der Waals surface area contributed by atoms with E-state index in [1.54, 1.807) is 32.3 Å². The van der Waals surface area contributed by atoms with Gasteiger partial charge in [0.25, 0.3) is 5.91 Å². The molecular formula is C13H16BrClN2O2. The van der Waals surface area contributed by atoms with Crippen LogP contribution in [0.5, 0.6) is 0 Å². The molecule has 0 fully saturated rings. The summed E-state index contributed by atoms with van der Waals surface area (Å²) in [5, 5.41) is 3.11. The second-order valence-electron chi connectivity index (χ2n) is 4.26. The number of nitrogens with one attached hydrogen (secondary N) is 1. The largest absolute Gasteiger partial charge is 0.345 e. The molecule has 1 rings (SSSR count). The first-order valence-corrected chi connectivity index (χ1v) is 7.12. The van der Waals surface area contributed by atoms with Gasteiger partial charge < -0.3 is 10.2 Å². The van der Waals surface area contributed by atoms with E-state index in [4.69, 9.17) is 11.6 Å². The van der Waals surface area contributed by atoms with Crippen molar-refractivity contribution in [2.24, 2.45) is 0 Å². The van der Waals surface area contributed by atoms with Crippen LogP contribution in [-0.4, -0.2) is 35.6 Å². The number of carbonyl (C=O) groups excluding carboxylic acids is 2. The Hall–Kier alpha value is -1.07. The molecule has 0 saturated heterocycles. The molecule has 0 aromatic heterocycles. The molecule has 2 amide bonds. The standard InChI is InChI=1S/C13H16BrClN2O2/c1-4-9(14)12(18)16-11-7-8(5-6-10(11)15)13(19)17(2)3/h5-7,9H,4H2,1-3H3,(H,16,18). The van der Waals surface area contributed by atoms with Gasteiger partial charge in [0, 0.05) is 19.7 Å². The number of amides is 2. The highest BCUT2D eigenvalue weighted by atomic mass is 79.9. The first kappa shape index (κ1) is 16.0. The van der Waals surface area contributed by atoms with E-state index in [-0.39, 0.29) is 16.6 Å². The van der Waals surface area contributed by atoms with Crippen LogP contribution in [0.1, 0.15) is 23.7 Å². The molecule has 0 radical (unpaired) electrons. The predicted octanol–water partition coefficient (Wildman–Crippen LogP) is 3.15. The van der Waals surface area contributed by atoms with Gasteiger partial charge in [-0.25, -0.2) is 0 Å². The number of halogens is 2. The van der Waals surface area contributed by atoms with Crippen molar-refractivity contribution in [1.82, 2.24) is 4.90 Å². The average molecular weight is 348 g/mol. The average Bonchev–Trinajstić information content (AvgIpc) is 2.39. The lowest BCUT2D eigenvalue weighted by Gasteiger charge is -2.14. The SMILES string of the molecule is CCC(Br)C(=O)Nc1cc(C(=O)N(C)C)ccc1Cl. The molecule has 0 bridgehead atoms. The predicted molar refractivity (Wildman–Crippen MR) is 81.1 cm³/mol. The smallest absolute Gasteiger partial charge is 0.253 e. The van der Waals surface area contributed by atoms with Crippen LogP contribution in [-0.2, 0) is 4.79 Å². The minimum Gasteiger partial charge on any atom is -0.345 e. The maximum atomic E-state index is 11.8. The molecular weight excluding hydrogens is 332 g/mol. The Morgan fingerprint density at radius 3 is 2.58 bits per heavy atom. The molecule has 1 aromatic rings. The van der Waals surface area contributed by atoms with Crippen LogP contribution in [0.25, 0.3) is 0 Å². The number of benzene rings is 1. The van der Waals surface area contributed by atoms with Crippen LogP contribution in [0, 0.1) is 0 Å². The Morgan fingerprint density at radius 2 is 2.05 bits per heavy atom. The summed E-state index contributed by atoms with van der Waals surface area (Å²) in [4.78, 5) is 24.8. The van der Waals surface area contributed by atoms with E-state index < -0.39 is 0 Å². The molecule has 0 heterocycles. The Morgan fingerprint density at radius 1 is 1.42 bits per heavy atom. The second kappa shape index (κ2) is 6.91. The van der Waals surface area contributed by atoms with Crippen molar-refractivity contribution in [2.45, 2.75) is 18.2 Å². The van der Waals surface area contributed by atoms with Gasteiger partial charge in [0.05, 0.1) is 15.5 Å². The van der Waals surface area contributed by atoms with Crippen LogP contribution >= 0.6 is 27.5 Å². The maximum absolute atomic E-state index is 11.8. The summed E-state index contributed by atoms with van der Waals surface area (Å²) in [5.74, 6) is -0.322. The van der Waals surface area contributed by atoms with Gasteiger partial charge in [-0.1, -0.05) is 34.5 Å². The van der Waals surface area contributed by atoms with Gasteiger partial charge in [0.1, 0.15) is 0 Å². The van der Waals surface area contributed by atoms with Crippen LogP contribution in [0.2, 0.25) is 5.02 Å². The van der Waals surface area contributed by atoms with Gasteiger partial charge in [-0.2, -0.15) is 0 Å². The fourth-order valence-electron chi connectivity index (χ4n) is 1.41. The summed E-state index contributed by atoms with van der Waals surface area (Å²) < 4.78 is 0. The Labute approximate surface area is 126 Å². The molecule has 1 N–H and O–H groups in total. The summed E-state index contributed by atoms with van der Waals surface area (Å²) in [5.41, 5.74) is 0.921. The number of rotatable bonds is 4. The number of anilines is 1. The van der Waals surface area contributed by atoms with Gasteiger partial charge in [0.2, 0.25) is 5.91 Å². The van der Waals surface area contributed by atoms with E-state index in [0.29, 0.717) is 22.7 Å². The molecule has 104 valence electrons. The monoisotopic (exact) mass is 346 g/mol. The maximum Gasteiger partial charge on any atom is 0.253 e. The van der Waals surface area contributed by atoms with Gasteiger partial charge >= 0.3 is 0 Å². The zero-order chi connectivity index (χ0) is 14.6. The normalized spacial score (nSPS) is 11.8. The lowest BCUT2D eigenvalue weighted by Crippen LogP contribution is -2.24. The minimum absolute atomic E-state index is 0.141. The summed E-state index contributed by atoms with van der Waals surface area (Å²) in [6.45, 7) is 1.90. The number of hydrogen-bond donors (Lipinski definition) is 1. The Bertz CT molecular complexity index is 492. The van der Waals surface area contributed by atoms with Crippen LogP contribution in [0.15, 0.2) is 18.2 Å². The zero-order valence-electron chi connectivity index (χ0n) is 11.0. The van der Waals surface area contributed by atoms with Crippen molar-refractivity contribution in [3.05, 3.63) is 28.8 Å². The van der Waals surface area contributed by atoms with E-state index in [9.17, 15) is 9.59 Å². The summed E-state index contributed by atoms with van der Waals surface area (Å²) >= 11 is 9.28. The van der Waals surface area contributed by atoms with Crippen molar-refractivity contribution < 1.29 is 9.59 Å². The quantitative estimate of drug-likeness (QED) is 0.851. The zero-order valence-corrected chi connectivity index (χ0v) is 13.4. The molecule has 1 aromatic carbocycles. The van der Waals surface area contributed by atoms with E-state index in [2.05, 4.69) is 21.2 Å². The fraction of sp³-hybridized carbons (Fsp3) is 0.385. The van der Waals surface area contributed by atoms with Crippen LogP contribution in [0.3, 0.4) is 0 Å². The molecule has 0 saturated carbocycles. The van der Waals surface area contributed by atoms with Crippen molar-refractivity contribution in [1.29, 1.82) is 0 Å². The van der Waals surface area contributed by atoms with E-state index in [1.807, 2.05) is 6.92 Å². The highest BCUT2D eigenvalue weighted by molar-refractivity contribution is 9.10. The van der Waals surface area contributed by atoms with Crippen molar-refractivity contribution >= 4 is 45.0 Å². The molecule has 6 heteroatoms. The minimum atomic E-state index is -0.281. The highest BCUT2D eigenvalue weighted by Crippen LogP contribution is 2.24. The van der Waals surface area contributed by atoms with Crippen molar-refractivity contribution in [3.63, 3.8) is 0 Å². The number of carbonyl (C=O) groups is 2. The number of nitrogens with zero attached hydrogens (tertiary/aromatic N) is 1. The van der Waals surface area contributed by atoms with Crippen LogP contribution in [0.4, 0.5) is 5.69 Å². The van der Waals surface area contributed by atoms with Crippen molar-refractivity contribution in [3.8, 4) is 0 Å². The molecule has 1 atom stereocenters. The summed E-state index contributed by atoms with van der Waals surface area (Å²) in [6, 6.07) is 4.81. The first-order chi connectivity index (χ1) is 8.86. The Kier molecular flexibility index (Phi) is 5.82. The fourth-order valence-corrected chi connectivity index (χ4v) is 1.69. The van der Waals surface area contributed by atoms with E-state index in [1.165, 1.54) is 4.90 Å². The third-order valence-corrected chi connectivity index (χ3v) is 3.91. The third-order valence-electron chi connectivity index (χ3n) is 2.52. The highest BCUT2D eigenvalue weighted by Gasteiger charge is 2.16. The lowest BCUT2D eigenvalue weighted by molar-refractivity contribution is -0.115. The summed E-state index contributed by atoms with van der Waals surface area (Å²) in [7, 11) is 3.33. The summed E-state index contributed by atoms with van der Waals surface area (Å²) in [6.07, 6.45) is 0.666. The lowest BCUT2D eigenvalue weighted by atomic mass is 10.1. The molecule has 19 heavy (non-hydrogen) atoms. The number of hydrogen-bond acceptors (Lipinski definition) is 2. The van der Waals surface area contributed by atoms with Gasteiger partial charge in [-0.3, -0.25) is 9.59 Å². The van der Waals surface area contributed by atoms with Crippen molar-refractivity contribution in [2.75, 3.05) is 19.4 Å².